The lowest BCUT2D eigenvalue weighted by molar-refractivity contribution is 0.384. The van der Waals surface area contributed by atoms with Crippen molar-refractivity contribution < 1.29 is 4.52 Å². The average Bonchev–Trinajstić information content (AvgIpc) is 2.35. The number of nitrogens with zero attached hydrogens (tertiary/aromatic N) is 2. The summed E-state index contributed by atoms with van der Waals surface area (Å²) in [6, 6.07) is 0. The largest absolute Gasteiger partial charge is 0.340 e. The Balaban J connectivity index is 0.000000424. The van der Waals surface area contributed by atoms with Crippen molar-refractivity contribution in [1.82, 2.24) is 10.1 Å². The Labute approximate surface area is 80.5 Å². The van der Waals surface area contributed by atoms with Crippen LogP contribution in [0.4, 0.5) is 0 Å². The third-order valence-corrected chi connectivity index (χ3v) is 1.16. The first kappa shape index (κ1) is 12.1. The molecule has 0 saturated heterocycles. The van der Waals surface area contributed by atoms with Crippen molar-refractivity contribution in [1.29, 1.82) is 0 Å². The van der Waals surface area contributed by atoms with Crippen LogP contribution in [0.1, 0.15) is 45.8 Å². The van der Waals surface area contributed by atoms with Crippen molar-refractivity contribution in [2.75, 3.05) is 0 Å². The summed E-state index contributed by atoms with van der Waals surface area (Å²) in [7, 11) is 0. The van der Waals surface area contributed by atoms with Crippen LogP contribution in [0.3, 0.4) is 0 Å². The first-order chi connectivity index (χ1) is 6.10. The van der Waals surface area contributed by atoms with Crippen molar-refractivity contribution in [3.63, 3.8) is 0 Å². The lowest BCUT2D eigenvalue weighted by Crippen LogP contribution is -1.95. The van der Waals surface area contributed by atoms with Gasteiger partial charge in [-0.3, -0.25) is 0 Å². The number of rotatable bonds is 2. The van der Waals surface area contributed by atoms with E-state index in [1.807, 2.05) is 0 Å². The highest BCUT2D eigenvalue weighted by atomic mass is 16.5. The molecule has 0 radical (unpaired) electrons. The van der Waals surface area contributed by atoms with Gasteiger partial charge in [-0.25, -0.2) is 0 Å². The lowest BCUT2D eigenvalue weighted by Gasteiger charge is -1.95. The van der Waals surface area contributed by atoms with Crippen LogP contribution in [0, 0.1) is 12.8 Å². The van der Waals surface area contributed by atoms with E-state index < -0.39 is 0 Å². The minimum absolute atomic E-state index is 0.594. The third-order valence-electron chi connectivity index (χ3n) is 1.16. The molecule has 1 aromatic rings. The predicted molar refractivity (Wildman–Crippen MR) is 53.5 cm³/mol. The van der Waals surface area contributed by atoms with Crippen molar-refractivity contribution in [2.24, 2.45) is 5.92 Å². The zero-order valence-electron chi connectivity index (χ0n) is 9.29. The molecular weight excluding hydrogens is 164 g/mol. The van der Waals surface area contributed by atoms with Gasteiger partial charge >= 0.3 is 0 Å². The summed E-state index contributed by atoms with van der Waals surface area (Å²) < 4.78 is 4.80. The molecule has 0 saturated carbocycles. The van der Waals surface area contributed by atoms with Crippen molar-refractivity contribution in [3.8, 4) is 0 Å². The molecule has 3 nitrogen and oxygen atoms in total. The Bertz CT molecular complexity index is 218. The molecule has 0 bridgehead atoms. The van der Waals surface area contributed by atoms with Gasteiger partial charge in [-0.2, -0.15) is 4.98 Å². The molecule has 0 amide bonds. The molecule has 3 heteroatoms. The van der Waals surface area contributed by atoms with Gasteiger partial charge in [-0.1, -0.05) is 39.3 Å². The van der Waals surface area contributed by atoms with Gasteiger partial charge in [0.1, 0.15) is 0 Å². The molecule has 0 unspecified atom stereocenters. The van der Waals surface area contributed by atoms with Gasteiger partial charge in [0, 0.05) is 13.3 Å². The molecule has 0 aliphatic rings. The van der Waals surface area contributed by atoms with E-state index in [0.29, 0.717) is 11.8 Å². The summed E-state index contributed by atoms with van der Waals surface area (Å²) in [5, 5.41) is 3.77. The molecule has 13 heavy (non-hydrogen) atoms. The third kappa shape index (κ3) is 6.31. The standard InChI is InChI=1S/C7H12N2O.C3H8/c1-5(2)4-7-8-6(3)10-9-7;1-3-2/h5H,4H2,1-3H3;3H2,1-2H3. The summed E-state index contributed by atoms with van der Waals surface area (Å²) in [4.78, 5) is 4.07. The van der Waals surface area contributed by atoms with E-state index in [9.17, 15) is 0 Å². The number of hydrogen-bond acceptors (Lipinski definition) is 3. The van der Waals surface area contributed by atoms with E-state index in [4.69, 9.17) is 4.52 Å². The molecule has 0 spiro atoms. The molecular formula is C10H20N2O. The highest BCUT2D eigenvalue weighted by Crippen LogP contribution is 2.02. The number of aryl methyl sites for hydroxylation is 1. The first-order valence-electron chi connectivity index (χ1n) is 4.89. The van der Waals surface area contributed by atoms with Crippen LogP contribution in [-0.2, 0) is 6.42 Å². The van der Waals surface area contributed by atoms with Crippen LogP contribution in [0.2, 0.25) is 0 Å². The van der Waals surface area contributed by atoms with Gasteiger partial charge in [0.15, 0.2) is 5.82 Å². The summed E-state index contributed by atoms with van der Waals surface area (Å²) >= 11 is 0. The Hall–Kier alpha value is -0.860. The SMILES string of the molecule is CCC.Cc1nc(CC(C)C)no1. The number of hydrogen-bond donors (Lipinski definition) is 0. The Morgan fingerprint density at radius 2 is 1.85 bits per heavy atom. The fourth-order valence-electron chi connectivity index (χ4n) is 0.789. The summed E-state index contributed by atoms with van der Waals surface area (Å²) in [6.45, 7) is 10.3. The van der Waals surface area contributed by atoms with Crippen LogP contribution >= 0.6 is 0 Å². The van der Waals surface area contributed by atoms with Crippen molar-refractivity contribution in [3.05, 3.63) is 11.7 Å². The van der Waals surface area contributed by atoms with E-state index in [0.717, 1.165) is 12.2 Å². The second kappa shape index (κ2) is 6.63. The second-order valence-corrected chi connectivity index (χ2v) is 3.53. The predicted octanol–water partition coefficient (Wildman–Crippen LogP) is 2.99. The second-order valence-electron chi connectivity index (χ2n) is 3.53. The topological polar surface area (TPSA) is 38.9 Å². The van der Waals surface area contributed by atoms with Crippen LogP contribution in [0.25, 0.3) is 0 Å². The minimum atomic E-state index is 0.594. The van der Waals surface area contributed by atoms with Gasteiger partial charge in [0.2, 0.25) is 5.89 Å². The van der Waals surface area contributed by atoms with Crippen LogP contribution in [0.15, 0.2) is 4.52 Å². The van der Waals surface area contributed by atoms with E-state index in [1.54, 1.807) is 6.92 Å². The number of aromatic nitrogens is 2. The van der Waals surface area contributed by atoms with Crippen LogP contribution in [0.5, 0.6) is 0 Å². The summed E-state index contributed by atoms with van der Waals surface area (Å²) in [5.74, 6) is 2.06. The zero-order valence-corrected chi connectivity index (χ0v) is 9.29. The Kier molecular flexibility index (Phi) is 6.20. The smallest absolute Gasteiger partial charge is 0.223 e. The Morgan fingerprint density at radius 3 is 2.15 bits per heavy atom. The molecule has 1 rings (SSSR count). The highest BCUT2D eigenvalue weighted by molar-refractivity contribution is 4.84. The van der Waals surface area contributed by atoms with Gasteiger partial charge in [-0.15, -0.1) is 0 Å². The van der Waals surface area contributed by atoms with E-state index >= 15 is 0 Å². The molecule has 1 aromatic heterocycles. The molecule has 0 fully saturated rings. The van der Waals surface area contributed by atoms with Gasteiger partial charge in [0.25, 0.3) is 0 Å². The van der Waals surface area contributed by atoms with Gasteiger partial charge in [0.05, 0.1) is 0 Å². The monoisotopic (exact) mass is 184 g/mol. The fourth-order valence-corrected chi connectivity index (χ4v) is 0.789. The van der Waals surface area contributed by atoms with Crippen molar-refractivity contribution in [2.45, 2.75) is 47.5 Å². The maximum atomic E-state index is 4.80. The maximum Gasteiger partial charge on any atom is 0.223 e. The van der Waals surface area contributed by atoms with Crippen LogP contribution < -0.4 is 0 Å². The lowest BCUT2D eigenvalue weighted by atomic mass is 10.1. The molecule has 1 heterocycles. The molecule has 0 aliphatic carbocycles. The fraction of sp³-hybridized carbons (Fsp3) is 0.800. The van der Waals surface area contributed by atoms with E-state index in [1.165, 1.54) is 6.42 Å². The quantitative estimate of drug-likeness (QED) is 0.709. The summed E-state index contributed by atoms with van der Waals surface area (Å²) in [6.07, 6.45) is 2.15. The van der Waals surface area contributed by atoms with E-state index in [-0.39, 0.29) is 0 Å². The van der Waals surface area contributed by atoms with Crippen LogP contribution in [-0.4, -0.2) is 10.1 Å². The van der Waals surface area contributed by atoms with E-state index in [2.05, 4.69) is 37.8 Å². The molecule has 0 atom stereocenters. The van der Waals surface area contributed by atoms with Gasteiger partial charge < -0.3 is 4.52 Å². The minimum Gasteiger partial charge on any atom is -0.340 e. The molecule has 76 valence electrons. The zero-order chi connectivity index (χ0) is 10.3. The highest BCUT2D eigenvalue weighted by Gasteiger charge is 2.03. The average molecular weight is 184 g/mol. The van der Waals surface area contributed by atoms with Gasteiger partial charge in [-0.05, 0) is 5.92 Å². The molecule has 0 aliphatic heterocycles. The maximum absolute atomic E-state index is 4.80. The summed E-state index contributed by atoms with van der Waals surface area (Å²) in [5.41, 5.74) is 0. The molecule has 0 N–H and O–H groups in total. The normalized spacial score (nSPS) is 9.69. The molecule has 0 aromatic carbocycles. The first-order valence-corrected chi connectivity index (χ1v) is 4.89. The van der Waals surface area contributed by atoms with Crippen molar-refractivity contribution >= 4 is 0 Å². The Morgan fingerprint density at radius 1 is 1.31 bits per heavy atom.